The van der Waals surface area contributed by atoms with E-state index < -0.39 is 0 Å². The fourth-order valence-corrected chi connectivity index (χ4v) is 3.89. The van der Waals surface area contributed by atoms with E-state index in [0.29, 0.717) is 22.5 Å². The second-order valence-electron chi connectivity index (χ2n) is 9.59. The average molecular weight is 548 g/mol. The minimum absolute atomic E-state index is 0.377. The number of benzene rings is 4. The Morgan fingerprint density at radius 3 is 1.29 bits per heavy atom. The molecule has 9 nitrogen and oxygen atoms in total. The highest BCUT2D eigenvalue weighted by atomic mass is 16.2. The van der Waals surface area contributed by atoms with Crippen LogP contribution >= 0.6 is 0 Å². The van der Waals surface area contributed by atoms with Gasteiger partial charge in [0.25, 0.3) is 11.8 Å². The van der Waals surface area contributed by atoms with E-state index in [1.807, 2.05) is 98.7 Å². The summed E-state index contributed by atoms with van der Waals surface area (Å²) >= 11 is 0. The molecule has 0 unspecified atom stereocenters. The van der Waals surface area contributed by atoms with Crippen molar-refractivity contribution in [3.8, 4) is 0 Å². The van der Waals surface area contributed by atoms with Crippen LogP contribution in [0, 0.1) is 0 Å². The Balaban J connectivity index is 1.42. The molecule has 4 aromatic rings. The summed E-state index contributed by atoms with van der Waals surface area (Å²) in [6, 6.07) is 29.7. The van der Waals surface area contributed by atoms with Gasteiger partial charge in [-0.15, -0.1) is 0 Å². The highest BCUT2D eigenvalue weighted by Crippen LogP contribution is 2.24. The smallest absolute Gasteiger partial charge is 0.273 e. The fraction of sp³-hybridized carbons (Fsp3) is 0.125. The Bertz CT molecular complexity index is 1430. The summed E-state index contributed by atoms with van der Waals surface area (Å²) in [6.45, 7) is 0. The molecular formula is C32H33N7O2. The second kappa shape index (κ2) is 13.6. The molecule has 0 aromatic heterocycles. The lowest BCUT2D eigenvalue weighted by atomic mass is 10.1. The highest BCUT2D eigenvalue weighted by Gasteiger charge is 2.15. The zero-order valence-electron chi connectivity index (χ0n) is 23.5. The molecule has 0 spiro atoms. The number of anilines is 4. The van der Waals surface area contributed by atoms with Crippen molar-refractivity contribution in [3.05, 3.63) is 119 Å². The van der Waals surface area contributed by atoms with E-state index in [-0.39, 0.29) is 11.8 Å². The van der Waals surface area contributed by atoms with Crippen molar-refractivity contribution >= 4 is 47.0 Å². The summed E-state index contributed by atoms with van der Waals surface area (Å²) in [5.74, 6) is -0.776. The summed E-state index contributed by atoms with van der Waals surface area (Å²) in [5.41, 5.74) is 10.8. The number of nitrogens with zero attached hydrogens (tertiary/aromatic N) is 4. The minimum Gasteiger partial charge on any atom is -0.378 e. The zero-order valence-corrected chi connectivity index (χ0v) is 23.5. The third kappa shape index (κ3) is 7.79. The fourth-order valence-electron chi connectivity index (χ4n) is 3.89. The average Bonchev–Trinajstić information content (AvgIpc) is 2.98. The zero-order chi connectivity index (χ0) is 29.2. The molecule has 0 saturated carbocycles. The molecule has 0 saturated heterocycles. The SMILES string of the molecule is CN(C)c1ccc(/C=N\NC(=O)c2ccccc2Nc2ccccc2C(=O)N/N=C/c2ccc(N(C)C)cc2)cc1. The molecule has 4 aromatic carbocycles. The summed E-state index contributed by atoms with van der Waals surface area (Å²) in [6.07, 6.45) is 3.17. The lowest BCUT2D eigenvalue weighted by Crippen LogP contribution is -2.20. The Labute approximate surface area is 240 Å². The molecule has 0 fully saturated rings. The lowest BCUT2D eigenvalue weighted by Gasteiger charge is -2.14. The second-order valence-corrected chi connectivity index (χ2v) is 9.59. The van der Waals surface area contributed by atoms with Crippen LogP contribution in [0.3, 0.4) is 0 Å². The summed E-state index contributed by atoms with van der Waals surface area (Å²) in [5, 5.41) is 11.4. The molecule has 0 aliphatic heterocycles. The Kier molecular flexibility index (Phi) is 9.45. The van der Waals surface area contributed by atoms with Crippen molar-refractivity contribution in [1.82, 2.24) is 10.9 Å². The standard InChI is InChI=1S/C32H33N7O2/c1-38(2)25-17-13-23(14-18-25)21-33-36-31(40)27-9-5-7-11-29(27)35-30-12-8-6-10-28(30)32(41)37-34-22-24-15-19-26(20-16-24)39(3)4/h5-22,35H,1-4H3,(H,36,40)(H,37,41)/b33-21-,34-22+. The van der Waals surface area contributed by atoms with Crippen molar-refractivity contribution in [1.29, 1.82) is 0 Å². The van der Waals surface area contributed by atoms with E-state index >= 15 is 0 Å². The maximum absolute atomic E-state index is 13.0. The Morgan fingerprint density at radius 1 is 0.561 bits per heavy atom. The van der Waals surface area contributed by atoms with Crippen LogP contribution in [0.4, 0.5) is 22.7 Å². The van der Waals surface area contributed by atoms with Gasteiger partial charge in [-0.1, -0.05) is 48.5 Å². The molecule has 9 heteroatoms. The monoisotopic (exact) mass is 547 g/mol. The number of para-hydroxylation sites is 2. The number of carbonyl (C=O) groups excluding carboxylic acids is 2. The first-order chi connectivity index (χ1) is 19.8. The van der Waals surface area contributed by atoms with Gasteiger partial charge in [-0.3, -0.25) is 9.59 Å². The number of carbonyl (C=O) groups is 2. The van der Waals surface area contributed by atoms with Crippen molar-refractivity contribution in [2.75, 3.05) is 43.3 Å². The molecule has 3 N–H and O–H groups in total. The van der Waals surface area contributed by atoms with Gasteiger partial charge in [-0.25, -0.2) is 10.9 Å². The topological polar surface area (TPSA) is 101 Å². The van der Waals surface area contributed by atoms with Gasteiger partial charge in [0.1, 0.15) is 0 Å². The number of hydrogen-bond donors (Lipinski definition) is 3. The first-order valence-electron chi connectivity index (χ1n) is 13.0. The molecule has 0 radical (unpaired) electrons. The highest BCUT2D eigenvalue weighted by molar-refractivity contribution is 6.03. The molecule has 0 heterocycles. The van der Waals surface area contributed by atoms with Gasteiger partial charge in [0.2, 0.25) is 0 Å². The van der Waals surface area contributed by atoms with Gasteiger partial charge in [-0.2, -0.15) is 10.2 Å². The molecule has 208 valence electrons. The van der Waals surface area contributed by atoms with Crippen LogP contribution in [-0.2, 0) is 0 Å². The molecule has 41 heavy (non-hydrogen) atoms. The van der Waals surface area contributed by atoms with E-state index in [9.17, 15) is 9.59 Å². The van der Waals surface area contributed by atoms with Crippen LogP contribution in [-0.4, -0.2) is 52.4 Å². The molecular weight excluding hydrogens is 514 g/mol. The third-order valence-corrected chi connectivity index (χ3v) is 6.19. The van der Waals surface area contributed by atoms with Crippen molar-refractivity contribution < 1.29 is 9.59 Å². The van der Waals surface area contributed by atoms with Gasteiger partial charge >= 0.3 is 0 Å². The summed E-state index contributed by atoms with van der Waals surface area (Å²) in [7, 11) is 7.89. The van der Waals surface area contributed by atoms with Gasteiger partial charge in [0, 0.05) is 39.6 Å². The maximum atomic E-state index is 13.0. The first-order valence-corrected chi connectivity index (χ1v) is 13.0. The molecule has 4 rings (SSSR count). The van der Waals surface area contributed by atoms with E-state index in [0.717, 1.165) is 22.5 Å². The van der Waals surface area contributed by atoms with Crippen LogP contribution < -0.4 is 26.0 Å². The number of hydrazone groups is 2. The predicted octanol–water partition coefficient (Wildman–Crippen LogP) is 5.09. The summed E-state index contributed by atoms with van der Waals surface area (Å²) < 4.78 is 0. The van der Waals surface area contributed by atoms with Crippen molar-refractivity contribution in [3.63, 3.8) is 0 Å². The van der Waals surface area contributed by atoms with Crippen LogP contribution in [0.1, 0.15) is 31.8 Å². The normalized spacial score (nSPS) is 10.9. The van der Waals surface area contributed by atoms with Crippen molar-refractivity contribution in [2.45, 2.75) is 0 Å². The third-order valence-electron chi connectivity index (χ3n) is 6.19. The minimum atomic E-state index is -0.388. The van der Waals surface area contributed by atoms with Gasteiger partial charge in [0.05, 0.1) is 34.9 Å². The van der Waals surface area contributed by atoms with Gasteiger partial charge in [-0.05, 0) is 59.7 Å². The van der Waals surface area contributed by atoms with Gasteiger partial charge in [0.15, 0.2) is 0 Å². The molecule has 0 aliphatic rings. The maximum Gasteiger partial charge on any atom is 0.273 e. The van der Waals surface area contributed by atoms with E-state index in [2.05, 4.69) is 26.4 Å². The molecule has 2 amide bonds. The largest absolute Gasteiger partial charge is 0.378 e. The lowest BCUT2D eigenvalue weighted by molar-refractivity contribution is 0.0948. The Hall–Kier alpha value is -5.44. The molecule has 0 atom stereocenters. The number of hydrogen-bond acceptors (Lipinski definition) is 7. The van der Waals surface area contributed by atoms with Crippen molar-refractivity contribution in [2.24, 2.45) is 10.2 Å². The van der Waals surface area contributed by atoms with Gasteiger partial charge < -0.3 is 15.1 Å². The first kappa shape index (κ1) is 28.6. The van der Waals surface area contributed by atoms with Crippen LogP contribution in [0.2, 0.25) is 0 Å². The quantitative estimate of drug-likeness (QED) is 0.190. The van der Waals surface area contributed by atoms with E-state index in [4.69, 9.17) is 0 Å². The molecule has 0 bridgehead atoms. The Morgan fingerprint density at radius 2 is 0.927 bits per heavy atom. The number of nitrogens with one attached hydrogen (secondary N) is 3. The summed E-state index contributed by atoms with van der Waals surface area (Å²) in [4.78, 5) is 30.0. The van der Waals surface area contributed by atoms with Crippen LogP contribution in [0.15, 0.2) is 107 Å². The predicted molar refractivity (Wildman–Crippen MR) is 168 cm³/mol. The van der Waals surface area contributed by atoms with E-state index in [1.165, 1.54) is 0 Å². The molecule has 0 aliphatic carbocycles. The number of amides is 2. The van der Waals surface area contributed by atoms with Crippen LogP contribution in [0.5, 0.6) is 0 Å². The van der Waals surface area contributed by atoms with Crippen LogP contribution in [0.25, 0.3) is 0 Å². The van der Waals surface area contributed by atoms with E-state index in [1.54, 1.807) is 48.8 Å². The number of rotatable bonds is 10.